The Labute approximate surface area is 106 Å². The number of carbonyl (C=O) groups excluding carboxylic acids is 1. The number of hydrogen-bond donors (Lipinski definition) is 0. The van der Waals surface area contributed by atoms with Gasteiger partial charge in [-0.2, -0.15) is 0 Å². The average Bonchev–Trinajstić information content (AvgIpc) is 3.23. The van der Waals surface area contributed by atoms with Crippen LogP contribution in [-0.4, -0.2) is 12.9 Å². The molecule has 0 aliphatic carbocycles. The van der Waals surface area contributed by atoms with Crippen LogP contribution in [-0.2, 0) is 4.74 Å². The van der Waals surface area contributed by atoms with Gasteiger partial charge in [-0.25, -0.2) is 0 Å². The summed E-state index contributed by atoms with van der Waals surface area (Å²) in [6.45, 7) is 2.78. The van der Waals surface area contributed by atoms with Crippen molar-refractivity contribution in [2.75, 3.05) is 6.61 Å². The Morgan fingerprint density at radius 2 is 1.89 bits per heavy atom. The van der Waals surface area contributed by atoms with Crippen molar-refractivity contribution in [1.82, 2.24) is 0 Å². The summed E-state index contributed by atoms with van der Waals surface area (Å²) in [6, 6.07) is 14.2. The van der Waals surface area contributed by atoms with E-state index >= 15 is 0 Å². The predicted octanol–water partition coefficient (Wildman–Crippen LogP) is 3.55. The van der Waals surface area contributed by atoms with Crippen LogP contribution in [0.4, 0.5) is 0 Å². The van der Waals surface area contributed by atoms with Gasteiger partial charge < -0.3 is 4.74 Å². The second kappa shape index (κ2) is 4.39. The molecule has 0 radical (unpaired) electrons. The summed E-state index contributed by atoms with van der Waals surface area (Å²) < 4.78 is 5.36. The Morgan fingerprint density at radius 1 is 1.17 bits per heavy atom. The average molecular weight is 238 g/mol. The Morgan fingerprint density at radius 3 is 2.50 bits per heavy atom. The monoisotopic (exact) mass is 238 g/mol. The molecule has 3 rings (SSSR count). The maximum absolute atomic E-state index is 11.1. The minimum Gasteiger partial charge on any atom is -0.368 e. The van der Waals surface area contributed by atoms with Gasteiger partial charge in [0.05, 0.1) is 6.61 Å². The third kappa shape index (κ3) is 1.95. The molecule has 1 aliphatic heterocycles. The molecule has 1 fully saturated rings. The lowest BCUT2D eigenvalue weighted by molar-refractivity contribution is 0.112. The van der Waals surface area contributed by atoms with Crippen molar-refractivity contribution in [2.24, 2.45) is 0 Å². The fourth-order valence-electron chi connectivity index (χ4n) is 2.24. The van der Waals surface area contributed by atoms with Crippen molar-refractivity contribution >= 4 is 6.29 Å². The standard InChI is InChI=1S/C16H14O2/c1-11-5-7-12(8-6-11)14-4-2-3-13(9-17)16(14)15-10-18-15/h2-9,15H,10H2,1H3/t15-/m0/s1. The molecule has 2 aromatic rings. The molecular formula is C16H14O2. The lowest BCUT2D eigenvalue weighted by Crippen LogP contribution is -1.95. The molecule has 0 N–H and O–H groups in total. The summed E-state index contributed by atoms with van der Waals surface area (Å²) in [6.07, 6.45) is 0.997. The van der Waals surface area contributed by atoms with Gasteiger partial charge in [0, 0.05) is 11.1 Å². The maximum atomic E-state index is 11.1. The molecule has 18 heavy (non-hydrogen) atoms. The van der Waals surface area contributed by atoms with Crippen LogP contribution in [0, 0.1) is 6.92 Å². The molecule has 90 valence electrons. The highest BCUT2D eigenvalue weighted by atomic mass is 16.6. The molecule has 2 nitrogen and oxygen atoms in total. The molecule has 0 spiro atoms. The molecule has 2 aromatic carbocycles. The fourth-order valence-corrected chi connectivity index (χ4v) is 2.24. The largest absolute Gasteiger partial charge is 0.368 e. The van der Waals surface area contributed by atoms with Crippen molar-refractivity contribution < 1.29 is 9.53 Å². The molecule has 1 saturated heterocycles. The number of aryl methyl sites for hydroxylation is 1. The quantitative estimate of drug-likeness (QED) is 0.604. The van der Waals surface area contributed by atoms with Gasteiger partial charge in [-0.15, -0.1) is 0 Å². The van der Waals surface area contributed by atoms with Crippen molar-refractivity contribution in [2.45, 2.75) is 13.0 Å². The topological polar surface area (TPSA) is 29.6 Å². The maximum Gasteiger partial charge on any atom is 0.150 e. The highest BCUT2D eigenvalue weighted by Gasteiger charge is 2.30. The van der Waals surface area contributed by atoms with Crippen LogP contribution in [0.25, 0.3) is 11.1 Å². The van der Waals surface area contributed by atoms with Crippen LogP contribution in [0.1, 0.15) is 27.6 Å². The number of rotatable bonds is 3. The Bertz CT molecular complexity index is 581. The van der Waals surface area contributed by atoms with Crippen LogP contribution in [0.5, 0.6) is 0 Å². The number of carbonyl (C=O) groups is 1. The summed E-state index contributed by atoms with van der Waals surface area (Å²) in [5.41, 5.74) is 5.22. The molecule has 2 heteroatoms. The number of benzene rings is 2. The minimum atomic E-state index is 0.0858. The first-order valence-electron chi connectivity index (χ1n) is 6.06. The van der Waals surface area contributed by atoms with Crippen LogP contribution in [0.15, 0.2) is 42.5 Å². The highest BCUT2D eigenvalue weighted by molar-refractivity contribution is 5.83. The first-order chi connectivity index (χ1) is 8.79. The molecule has 0 bridgehead atoms. The lowest BCUT2D eigenvalue weighted by atomic mass is 9.93. The van der Waals surface area contributed by atoms with E-state index in [2.05, 4.69) is 37.3 Å². The lowest BCUT2D eigenvalue weighted by Gasteiger charge is -2.10. The second-order valence-corrected chi connectivity index (χ2v) is 4.61. The summed E-state index contributed by atoms with van der Waals surface area (Å²) in [5.74, 6) is 0. The molecule has 1 atom stereocenters. The van der Waals surface area contributed by atoms with E-state index in [-0.39, 0.29) is 6.10 Å². The van der Waals surface area contributed by atoms with Crippen LogP contribution >= 0.6 is 0 Å². The molecular weight excluding hydrogens is 224 g/mol. The SMILES string of the molecule is Cc1ccc(-c2cccc(C=O)c2[C@@H]2CO2)cc1. The van der Waals surface area contributed by atoms with Gasteiger partial charge in [0.2, 0.25) is 0 Å². The van der Waals surface area contributed by atoms with Crippen molar-refractivity contribution in [3.05, 3.63) is 59.2 Å². The number of epoxide rings is 1. The van der Waals surface area contributed by atoms with Crippen LogP contribution in [0.3, 0.4) is 0 Å². The van der Waals surface area contributed by atoms with E-state index < -0.39 is 0 Å². The van der Waals surface area contributed by atoms with Gasteiger partial charge in [0.25, 0.3) is 0 Å². The van der Waals surface area contributed by atoms with E-state index in [1.807, 2.05) is 12.1 Å². The predicted molar refractivity (Wildman–Crippen MR) is 70.7 cm³/mol. The second-order valence-electron chi connectivity index (χ2n) is 4.61. The first kappa shape index (κ1) is 11.2. The van der Waals surface area contributed by atoms with E-state index in [9.17, 15) is 4.79 Å². The first-order valence-corrected chi connectivity index (χ1v) is 6.06. The van der Waals surface area contributed by atoms with Gasteiger partial charge in [-0.1, -0.05) is 48.0 Å². The number of aldehydes is 1. The van der Waals surface area contributed by atoms with Crippen molar-refractivity contribution in [3.63, 3.8) is 0 Å². The zero-order valence-electron chi connectivity index (χ0n) is 10.2. The molecule has 0 unspecified atom stereocenters. The van der Waals surface area contributed by atoms with E-state index in [0.717, 1.165) is 28.5 Å². The zero-order chi connectivity index (χ0) is 12.5. The smallest absolute Gasteiger partial charge is 0.150 e. The molecule has 0 aromatic heterocycles. The van der Waals surface area contributed by atoms with Crippen LogP contribution < -0.4 is 0 Å². The van der Waals surface area contributed by atoms with E-state index in [1.54, 1.807) is 0 Å². The zero-order valence-corrected chi connectivity index (χ0v) is 10.2. The molecule has 0 amide bonds. The summed E-state index contributed by atoms with van der Waals surface area (Å²) >= 11 is 0. The third-order valence-corrected chi connectivity index (χ3v) is 3.28. The van der Waals surface area contributed by atoms with Crippen molar-refractivity contribution in [3.8, 4) is 11.1 Å². The van der Waals surface area contributed by atoms with Gasteiger partial charge in [0.15, 0.2) is 0 Å². The van der Waals surface area contributed by atoms with E-state index in [1.165, 1.54) is 5.56 Å². The number of hydrogen-bond acceptors (Lipinski definition) is 2. The Hall–Kier alpha value is -1.93. The van der Waals surface area contributed by atoms with Gasteiger partial charge in [-0.3, -0.25) is 4.79 Å². The molecule has 1 aliphatic rings. The van der Waals surface area contributed by atoms with Crippen LogP contribution in [0.2, 0.25) is 0 Å². The van der Waals surface area contributed by atoms with Crippen molar-refractivity contribution in [1.29, 1.82) is 0 Å². The Kier molecular flexibility index (Phi) is 2.73. The van der Waals surface area contributed by atoms with Gasteiger partial charge in [0.1, 0.15) is 12.4 Å². The highest BCUT2D eigenvalue weighted by Crippen LogP contribution is 2.38. The summed E-state index contributed by atoms with van der Waals surface area (Å²) in [4.78, 5) is 11.1. The van der Waals surface area contributed by atoms with Gasteiger partial charge in [-0.05, 0) is 18.1 Å². The van der Waals surface area contributed by atoms with E-state index in [0.29, 0.717) is 6.61 Å². The molecule has 1 heterocycles. The fraction of sp³-hybridized carbons (Fsp3) is 0.188. The minimum absolute atomic E-state index is 0.0858. The number of ether oxygens (including phenoxy) is 1. The third-order valence-electron chi connectivity index (χ3n) is 3.28. The Balaban J connectivity index is 2.16. The van der Waals surface area contributed by atoms with E-state index in [4.69, 9.17) is 4.74 Å². The summed E-state index contributed by atoms with van der Waals surface area (Å²) in [5, 5.41) is 0. The van der Waals surface area contributed by atoms with Gasteiger partial charge >= 0.3 is 0 Å². The molecule has 0 saturated carbocycles. The normalized spacial score (nSPS) is 17.5. The summed E-state index contributed by atoms with van der Waals surface area (Å²) in [7, 11) is 0.